The van der Waals surface area contributed by atoms with Crippen molar-refractivity contribution in [2.75, 3.05) is 0 Å². The van der Waals surface area contributed by atoms with Crippen LogP contribution in [0.1, 0.15) is 33.7 Å². The lowest BCUT2D eigenvalue weighted by atomic mass is 10.1. The summed E-state index contributed by atoms with van der Waals surface area (Å²) in [5.41, 5.74) is 3.20. The number of rotatable bonds is 4. The fraction of sp³-hybridized carbons (Fsp3) is 0.278. The summed E-state index contributed by atoms with van der Waals surface area (Å²) in [5, 5.41) is 9.43. The number of amides is 1. The van der Waals surface area contributed by atoms with Crippen LogP contribution in [0.5, 0.6) is 5.75 Å². The molecule has 3 aromatic rings. The number of benzene rings is 1. The number of fused-ring (bicyclic) bond motifs is 1. The Bertz CT molecular complexity index is 931. The van der Waals surface area contributed by atoms with Crippen LogP contribution in [0.4, 0.5) is 0 Å². The Balaban J connectivity index is 1.44. The smallest absolute Gasteiger partial charge is 0.271 e. The number of nitrogens with zero attached hydrogens (tertiary/aromatic N) is 2. The number of aryl methyl sites for hydroxylation is 1. The minimum atomic E-state index is -0.214. The molecule has 7 heteroatoms. The van der Waals surface area contributed by atoms with Crippen LogP contribution in [0.15, 0.2) is 34.2 Å². The van der Waals surface area contributed by atoms with E-state index in [1.54, 1.807) is 5.38 Å². The predicted molar refractivity (Wildman–Crippen MR) is 93.8 cm³/mol. The van der Waals surface area contributed by atoms with Gasteiger partial charge in [0.15, 0.2) is 5.76 Å². The van der Waals surface area contributed by atoms with Crippen molar-refractivity contribution < 1.29 is 14.1 Å². The highest BCUT2D eigenvalue weighted by molar-refractivity contribution is 7.09. The van der Waals surface area contributed by atoms with E-state index in [2.05, 4.69) is 28.4 Å². The topological polar surface area (TPSA) is 77.2 Å². The second-order valence-corrected chi connectivity index (χ2v) is 7.13. The molecule has 0 spiro atoms. The molecule has 0 saturated heterocycles. The minimum absolute atomic E-state index is 0.208. The van der Waals surface area contributed by atoms with Crippen molar-refractivity contribution in [3.05, 3.63) is 51.6 Å². The quantitative estimate of drug-likeness (QED) is 0.776. The number of nitrogens with one attached hydrogen (secondary N) is 1. The maximum atomic E-state index is 12.0. The zero-order valence-electron chi connectivity index (χ0n) is 13.9. The van der Waals surface area contributed by atoms with Gasteiger partial charge in [0.2, 0.25) is 0 Å². The zero-order valence-corrected chi connectivity index (χ0v) is 14.7. The summed E-state index contributed by atoms with van der Waals surface area (Å²) in [7, 11) is 0. The molecule has 1 unspecified atom stereocenters. The monoisotopic (exact) mass is 355 g/mol. The Kier molecular flexibility index (Phi) is 4.01. The van der Waals surface area contributed by atoms with Crippen LogP contribution in [0.25, 0.3) is 11.3 Å². The van der Waals surface area contributed by atoms with Crippen molar-refractivity contribution in [3.63, 3.8) is 0 Å². The summed E-state index contributed by atoms with van der Waals surface area (Å²) in [4.78, 5) is 16.2. The molecule has 1 aliphatic rings. The van der Waals surface area contributed by atoms with E-state index in [4.69, 9.17) is 9.26 Å². The second kappa shape index (κ2) is 6.33. The summed E-state index contributed by atoms with van der Waals surface area (Å²) in [5.74, 6) is 1.34. The first-order valence-electron chi connectivity index (χ1n) is 8.04. The molecule has 6 nitrogen and oxygen atoms in total. The Morgan fingerprint density at radius 2 is 2.28 bits per heavy atom. The van der Waals surface area contributed by atoms with Gasteiger partial charge in [-0.15, -0.1) is 11.3 Å². The van der Waals surface area contributed by atoms with Gasteiger partial charge < -0.3 is 14.6 Å². The lowest BCUT2D eigenvalue weighted by molar-refractivity contribution is 0.0945. The van der Waals surface area contributed by atoms with Crippen molar-refractivity contribution in [2.45, 2.75) is 32.9 Å². The first-order chi connectivity index (χ1) is 12.1. The second-order valence-electron chi connectivity index (χ2n) is 6.07. The normalized spacial score (nSPS) is 15.7. The maximum Gasteiger partial charge on any atom is 0.271 e. The summed E-state index contributed by atoms with van der Waals surface area (Å²) in [6.07, 6.45) is 1.14. The van der Waals surface area contributed by atoms with Gasteiger partial charge in [-0.3, -0.25) is 4.79 Å². The van der Waals surface area contributed by atoms with Gasteiger partial charge in [-0.25, -0.2) is 4.98 Å². The van der Waals surface area contributed by atoms with Gasteiger partial charge in [-0.1, -0.05) is 17.3 Å². The van der Waals surface area contributed by atoms with Crippen LogP contribution in [-0.2, 0) is 13.0 Å². The first kappa shape index (κ1) is 15.8. The fourth-order valence-electron chi connectivity index (χ4n) is 2.81. The molecule has 1 atom stereocenters. The van der Waals surface area contributed by atoms with Crippen LogP contribution in [0.3, 0.4) is 0 Å². The van der Waals surface area contributed by atoms with E-state index in [1.807, 2.05) is 25.1 Å². The largest absolute Gasteiger partial charge is 0.490 e. The van der Waals surface area contributed by atoms with Gasteiger partial charge in [0.1, 0.15) is 23.2 Å². The van der Waals surface area contributed by atoms with Gasteiger partial charge in [0.25, 0.3) is 5.91 Å². The third kappa shape index (κ3) is 3.28. The molecule has 128 valence electrons. The number of aromatic nitrogens is 2. The molecular formula is C18H17N3O3S. The molecule has 0 radical (unpaired) electrons. The molecule has 3 heterocycles. The van der Waals surface area contributed by atoms with E-state index in [0.717, 1.165) is 22.7 Å². The molecule has 25 heavy (non-hydrogen) atoms. The number of ether oxygens (including phenoxy) is 1. The highest BCUT2D eigenvalue weighted by Gasteiger charge is 2.20. The minimum Gasteiger partial charge on any atom is -0.490 e. The highest BCUT2D eigenvalue weighted by Crippen LogP contribution is 2.33. The SMILES string of the molecule is Cc1nc(C(=O)NCc2cc(-c3ccc4c(c3)OC(C)C4)on2)cs1. The van der Waals surface area contributed by atoms with Gasteiger partial charge in [-0.05, 0) is 25.5 Å². The van der Waals surface area contributed by atoms with E-state index in [1.165, 1.54) is 16.9 Å². The number of hydrogen-bond acceptors (Lipinski definition) is 6. The highest BCUT2D eigenvalue weighted by atomic mass is 32.1. The van der Waals surface area contributed by atoms with Gasteiger partial charge in [-0.2, -0.15) is 0 Å². The molecule has 4 rings (SSSR count). The van der Waals surface area contributed by atoms with Gasteiger partial charge in [0.05, 0.1) is 11.6 Å². The summed E-state index contributed by atoms with van der Waals surface area (Å²) >= 11 is 1.45. The number of thiazole rings is 1. The molecule has 1 N–H and O–H groups in total. The standard InChI is InChI=1S/C18H17N3O3S/c1-10-5-12-3-4-13(6-16(12)23-10)17-7-14(21-24-17)8-19-18(22)15-9-25-11(2)20-15/h3-4,6-7,9-10H,5,8H2,1-2H3,(H,19,22). The van der Waals surface area contributed by atoms with Gasteiger partial charge in [0, 0.05) is 23.4 Å². The molecule has 1 aromatic carbocycles. The summed E-state index contributed by atoms with van der Waals surface area (Å²) in [6.45, 7) is 4.21. The van der Waals surface area contributed by atoms with E-state index in [-0.39, 0.29) is 18.6 Å². The van der Waals surface area contributed by atoms with Gasteiger partial charge >= 0.3 is 0 Å². The van der Waals surface area contributed by atoms with E-state index in [9.17, 15) is 4.79 Å². The molecular weight excluding hydrogens is 338 g/mol. The van der Waals surface area contributed by atoms with E-state index in [0.29, 0.717) is 17.1 Å². The van der Waals surface area contributed by atoms with Crippen molar-refractivity contribution in [1.82, 2.24) is 15.5 Å². The molecule has 0 saturated carbocycles. The van der Waals surface area contributed by atoms with Crippen LogP contribution in [-0.4, -0.2) is 22.2 Å². The Morgan fingerprint density at radius 3 is 3.08 bits per heavy atom. The Labute approximate surface area is 148 Å². The third-order valence-electron chi connectivity index (χ3n) is 4.03. The third-order valence-corrected chi connectivity index (χ3v) is 4.80. The van der Waals surface area contributed by atoms with Crippen LogP contribution in [0.2, 0.25) is 0 Å². The van der Waals surface area contributed by atoms with E-state index < -0.39 is 0 Å². The average molecular weight is 355 g/mol. The molecule has 1 aliphatic heterocycles. The number of carbonyl (C=O) groups is 1. The van der Waals surface area contributed by atoms with Crippen molar-refractivity contribution >= 4 is 17.2 Å². The first-order valence-corrected chi connectivity index (χ1v) is 8.92. The van der Waals surface area contributed by atoms with Crippen molar-refractivity contribution in [2.24, 2.45) is 0 Å². The summed E-state index contributed by atoms with van der Waals surface area (Å²) in [6, 6.07) is 7.86. The number of carbonyl (C=O) groups excluding carboxylic acids is 1. The Morgan fingerprint density at radius 1 is 1.40 bits per heavy atom. The van der Waals surface area contributed by atoms with Crippen molar-refractivity contribution in [1.29, 1.82) is 0 Å². The lowest BCUT2D eigenvalue weighted by Gasteiger charge is -2.03. The fourth-order valence-corrected chi connectivity index (χ4v) is 3.41. The average Bonchev–Trinajstić information content (AvgIpc) is 3.30. The maximum absolute atomic E-state index is 12.0. The summed E-state index contributed by atoms with van der Waals surface area (Å²) < 4.78 is 11.2. The number of hydrogen-bond donors (Lipinski definition) is 1. The molecule has 0 fully saturated rings. The van der Waals surface area contributed by atoms with Crippen molar-refractivity contribution in [3.8, 4) is 17.1 Å². The molecule has 2 aromatic heterocycles. The van der Waals surface area contributed by atoms with E-state index >= 15 is 0 Å². The van der Waals surface area contributed by atoms with Crippen LogP contribution < -0.4 is 10.1 Å². The molecule has 0 aliphatic carbocycles. The predicted octanol–water partition coefficient (Wildman–Crippen LogP) is 3.36. The molecule has 0 bridgehead atoms. The Hall–Kier alpha value is -2.67. The van der Waals surface area contributed by atoms with Crippen LogP contribution in [0, 0.1) is 6.92 Å². The lowest BCUT2D eigenvalue weighted by Crippen LogP contribution is -2.23. The molecule has 1 amide bonds. The zero-order chi connectivity index (χ0) is 17.4. The van der Waals surface area contributed by atoms with Crippen LogP contribution >= 0.6 is 11.3 Å².